The standard InChI is InChI=1S/C13H19NO5Se/c1-4-5-6-17-7-12(19-13(16)10(2)3)18-11(15)8-20-9-14/h12H,2,4-8H2,1,3H3. The van der Waals surface area contributed by atoms with Crippen molar-refractivity contribution in [1.82, 2.24) is 0 Å². The molecule has 0 aromatic carbocycles. The molecule has 0 saturated carbocycles. The summed E-state index contributed by atoms with van der Waals surface area (Å²) in [5.74, 6) is -1.22. The van der Waals surface area contributed by atoms with E-state index in [1.165, 1.54) is 6.92 Å². The molecule has 1 unspecified atom stereocenters. The van der Waals surface area contributed by atoms with Crippen LogP contribution in [0.5, 0.6) is 0 Å². The van der Waals surface area contributed by atoms with Crippen LogP contribution in [-0.4, -0.2) is 46.4 Å². The zero-order valence-corrected chi connectivity index (χ0v) is 13.4. The first-order valence-corrected chi connectivity index (χ1v) is 8.22. The van der Waals surface area contributed by atoms with E-state index >= 15 is 0 Å². The van der Waals surface area contributed by atoms with Gasteiger partial charge in [0.25, 0.3) is 0 Å². The van der Waals surface area contributed by atoms with Gasteiger partial charge in [0.2, 0.25) is 0 Å². The summed E-state index contributed by atoms with van der Waals surface area (Å²) in [6.45, 7) is 7.44. The van der Waals surface area contributed by atoms with E-state index in [-0.39, 0.29) is 17.5 Å². The topological polar surface area (TPSA) is 85.6 Å². The van der Waals surface area contributed by atoms with Crippen molar-refractivity contribution in [3.8, 4) is 4.97 Å². The van der Waals surface area contributed by atoms with Gasteiger partial charge in [0.15, 0.2) is 0 Å². The Morgan fingerprint density at radius 2 is 2.10 bits per heavy atom. The van der Waals surface area contributed by atoms with Gasteiger partial charge in [0, 0.05) is 0 Å². The zero-order chi connectivity index (χ0) is 15.4. The average molecular weight is 348 g/mol. The summed E-state index contributed by atoms with van der Waals surface area (Å²) in [5.41, 5.74) is 0.209. The third-order valence-electron chi connectivity index (χ3n) is 2.00. The number of hydrogen-bond acceptors (Lipinski definition) is 6. The molecule has 0 radical (unpaired) electrons. The van der Waals surface area contributed by atoms with Gasteiger partial charge in [-0.25, -0.2) is 0 Å². The zero-order valence-electron chi connectivity index (χ0n) is 11.7. The predicted molar refractivity (Wildman–Crippen MR) is 72.7 cm³/mol. The molecule has 0 aliphatic rings. The van der Waals surface area contributed by atoms with Crippen molar-refractivity contribution in [2.45, 2.75) is 38.3 Å². The molecule has 7 heteroatoms. The Hall–Kier alpha value is -1.35. The third kappa shape index (κ3) is 9.56. The van der Waals surface area contributed by atoms with E-state index in [1.54, 1.807) is 0 Å². The maximum absolute atomic E-state index is 11.4. The summed E-state index contributed by atoms with van der Waals surface area (Å²) in [7, 11) is 0. The first-order chi connectivity index (χ1) is 9.51. The number of carbonyl (C=O) groups excluding carboxylic acids is 2. The van der Waals surface area contributed by atoms with Crippen LogP contribution >= 0.6 is 0 Å². The molecule has 0 amide bonds. The van der Waals surface area contributed by atoms with Crippen molar-refractivity contribution in [1.29, 1.82) is 5.26 Å². The Labute approximate surface area is 125 Å². The molecule has 0 rings (SSSR count). The van der Waals surface area contributed by atoms with Crippen molar-refractivity contribution in [2.24, 2.45) is 0 Å². The molecule has 0 aromatic heterocycles. The molecule has 0 heterocycles. The van der Waals surface area contributed by atoms with Gasteiger partial charge in [-0.2, -0.15) is 0 Å². The molecule has 0 aromatic rings. The van der Waals surface area contributed by atoms with Crippen LogP contribution in [0.15, 0.2) is 12.2 Å². The van der Waals surface area contributed by atoms with E-state index in [2.05, 4.69) is 6.58 Å². The van der Waals surface area contributed by atoms with Crippen LogP contribution in [0.4, 0.5) is 0 Å². The molecule has 0 saturated heterocycles. The summed E-state index contributed by atoms with van der Waals surface area (Å²) in [6.07, 6.45) is 0.742. The molecule has 1 atom stereocenters. The van der Waals surface area contributed by atoms with Crippen LogP contribution in [0, 0.1) is 10.2 Å². The number of ether oxygens (including phenoxy) is 3. The number of unbranched alkanes of at least 4 members (excludes halogenated alkanes) is 1. The molecule has 0 spiro atoms. The molecule has 0 bridgehead atoms. The number of carbonyl (C=O) groups is 2. The van der Waals surface area contributed by atoms with Gasteiger partial charge >= 0.3 is 125 Å². The Kier molecular flexibility index (Phi) is 10.7. The van der Waals surface area contributed by atoms with E-state index in [9.17, 15) is 9.59 Å². The molecular weight excluding hydrogens is 329 g/mol. The summed E-state index contributed by atoms with van der Waals surface area (Å²) in [5, 5.41) is 8.43. The maximum atomic E-state index is 11.4. The van der Waals surface area contributed by atoms with Gasteiger partial charge in [-0.05, 0) is 0 Å². The molecule has 20 heavy (non-hydrogen) atoms. The molecule has 112 valence electrons. The predicted octanol–water partition coefficient (Wildman–Crippen LogP) is 1.40. The minimum atomic E-state index is -1.10. The summed E-state index contributed by atoms with van der Waals surface area (Å²) < 4.78 is 15.2. The average Bonchev–Trinajstić information content (AvgIpc) is 2.40. The van der Waals surface area contributed by atoms with E-state index in [0.29, 0.717) is 6.61 Å². The molecule has 0 N–H and O–H groups in total. The van der Waals surface area contributed by atoms with Crippen molar-refractivity contribution in [3.05, 3.63) is 12.2 Å². The van der Waals surface area contributed by atoms with E-state index in [0.717, 1.165) is 12.8 Å². The number of nitrogens with zero attached hydrogens (tertiary/aromatic N) is 1. The van der Waals surface area contributed by atoms with Gasteiger partial charge in [0.1, 0.15) is 0 Å². The first kappa shape index (κ1) is 18.6. The molecule has 0 aliphatic carbocycles. The van der Waals surface area contributed by atoms with Crippen LogP contribution in [0.3, 0.4) is 0 Å². The first-order valence-electron chi connectivity index (χ1n) is 6.15. The number of esters is 2. The Bertz CT molecular complexity index is 377. The van der Waals surface area contributed by atoms with Crippen molar-refractivity contribution < 1.29 is 23.8 Å². The van der Waals surface area contributed by atoms with Crippen LogP contribution < -0.4 is 0 Å². The minimum absolute atomic E-state index is 0.0135. The normalized spacial score (nSPS) is 11.2. The van der Waals surface area contributed by atoms with E-state index < -0.39 is 33.2 Å². The van der Waals surface area contributed by atoms with Crippen LogP contribution in [0.1, 0.15) is 26.7 Å². The van der Waals surface area contributed by atoms with Crippen molar-refractivity contribution in [2.75, 3.05) is 13.2 Å². The number of rotatable bonds is 10. The Balaban J connectivity index is 4.30. The Morgan fingerprint density at radius 1 is 1.40 bits per heavy atom. The van der Waals surface area contributed by atoms with Crippen molar-refractivity contribution >= 4 is 26.9 Å². The fourth-order valence-corrected chi connectivity index (χ4v) is 1.54. The van der Waals surface area contributed by atoms with Gasteiger partial charge in [-0.15, -0.1) is 0 Å². The fraction of sp³-hybridized carbons (Fsp3) is 0.615. The number of nitriles is 1. The second-order valence-electron chi connectivity index (χ2n) is 3.91. The van der Waals surface area contributed by atoms with Gasteiger partial charge < -0.3 is 0 Å². The molecule has 0 aliphatic heterocycles. The monoisotopic (exact) mass is 349 g/mol. The van der Waals surface area contributed by atoms with Crippen molar-refractivity contribution in [3.63, 3.8) is 0 Å². The summed E-state index contributed by atoms with van der Waals surface area (Å²) >= 11 is -0.469. The van der Waals surface area contributed by atoms with Crippen LogP contribution in [0.2, 0.25) is 5.32 Å². The van der Waals surface area contributed by atoms with Crippen LogP contribution in [-0.2, 0) is 23.8 Å². The summed E-state index contributed by atoms with van der Waals surface area (Å²) in [6, 6.07) is 0. The quantitative estimate of drug-likeness (QED) is 0.195. The van der Waals surface area contributed by atoms with Gasteiger partial charge in [-0.3, -0.25) is 0 Å². The third-order valence-corrected chi connectivity index (χ3v) is 3.07. The Morgan fingerprint density at radius 3 is 2.65 bits per heavy atom. The second-order valence-corrected chi connectivity index (χ2v) is 5.51. The fourth-order valence-electron chi connectivity index (χ4n) is 1.01. The second kappa shape index (κ2) is 11.5. The van der Waals surface area contributed by atoms with Gasteiger partial charge in [-0.1, -0.05) is 0 Å². The summed E-state index contributed by atoms with van der Waals surface area (Å²) in [4.78, 5) is 24.7. The van der Waals surface area contributed by atoms with E-state index in [4.69, 9.17) is 19.5 Å². The molecule has 6 nitrogen and oxygen atoms in total. The molecular formula is C13H19NO5Se. The van der Waals surface area contributed by atoms with E-state index in [1.807, 2.05) is 11.9 Å². The SMILES string of the molecule is C=C(C)C(=O)OC(COCCCC)OC(=O)C[Se]C#N. The van der Waals surface area contributed by atoms with Crippen LogP contribution in [0.25, 0.3) is 0 Å². The number of hydrogen-bond donors (Lipinski definition) is 0. The van der Waals surface area contributed by atoms with Gasteiger partial charge in [0.05, 0.1) is 0 Å². The molecule has 0 fully saturated rings.